The van der Waals surface area contributed by atoms with Crippen molar-refractivity contribution in [1.29, 1.82) is 0 Å². The highest BCUT2D eigenvalue weighted by molar-refractivity contribution is 6.66. The Morgan fingerprint density at radius 3 is 1.69 bits per heavy atom. The van der Waals surface area contributed by atoms with E-state index in [4.69, 9.17) is 23.4 Å². The minimum atomic E-state index is -0.631. The minimum Gasteiger partial charge on any atom is -0.465 e. The SMILES string of the molecule is COC(=O)c1cc(B2OC(C)(C)C(C)(C)O2)c2c(c1B1OC(C)(C)C(C)(C)O1)CCCC2. The summed E-state index contributed by atoms with van der Waals surface area (Å²) in [5.74, 6) is -0.402. The van der Waals surface area contributed by atoms with Gasteiger partial charge in [-0.3, -0.25) is 0 Å². The molecule has 3 aliphatic rings. The first-order valence-electron chi connectivity index (χ1n) is 11.7. The van der Waals surface area contributed by atoms with Gasteiger partial charge in [0.25, 0.3) is 0 Å². The summed E-state index contributed by atoms with van der Waals surface area (Å²) < 4.78 is 30.7. The van der Waals surface area contributed by atoms with E-state index < -0.39 is 42.6 Å². The molecule has 0 N–H and O–H groups in total. The summed E-state index contributed by atoms with van der Waals surface area (Å²) in [6.07, 6.45) is 3.89. The number of hydrogen-bond acceptors (Lipinski definition) is 6. The van der Waals surface area contributed by atoms with E-state index in [1.165, 1.54) is 12.7 Å². The van der Waals surface area contributed by atoms with Gasteiger partial charge in [0.05, 0.1) is 35.1 Å². The van der Waals surface area contributed by atoms with Crippen molar-refractivity contribution < 1.29 is 28.1 Å². The van der Waals surface area contributed by atoms with Gasteiger partial charge in [-0.2, -0.15) is 0 Å². The van der Waals surface area contributed by atoms with Crippen LogP contribution in [0.2, 0.25) is 0 Å². The maximum atomic E-state index is 13.0. The van der Waals surface area contributed by atoms with E-state index in [0.717, 1.165) is 42.2 Å². The molecule has 2 heterocycles. The number of hydrogen-bond donors (Lipinski definition) is 0. The molecule has 174 valence electrons. The van der Waals surface area contributed by atoms with Crippen molar-refractivity contribution in [3.05, 3.63) is 22.8 Å². The first-order chi connectivity index (χ1) is 14.7. The smallest absolute Gasteiger partial charge is 0.465 e. The summed E-state index contributed by atoms with van der Waals surface area (Å²) in [7, 11) is 0.237. The Bertz CT molecular complexity index is 905. The Kier molecular flexibility index (Phi) is 5.65. The monoisotopic (exact) mass is 442 g/mol. The molecule has 0 unspecified atom stereocenters. The molecule has 6 nitrogen and oxygen atoms in total. The van der Waals surface area contributed by atoms with Crippen LogP contribution in [-0.4, -0.2) is 49.7 Å². The molecule has 0 spiro atoms. The topological polar surface area (TPSA) is 63.2 Å². The standard InChI is InChI=1S/C24H36B2O6/c1-21(2)22(3,4)30-25(29-21)18-14-17(20(27)28-9)19(16-13-11-10-12-15(16)18)26-31-23(5,6)24(7,8)32-26/h14H,10-13H2,1-9H3. The predicted molar refractivity (Wildman–Crippen MR) is 126 cm³/mol. The maximum absolute atomic E-state index is 13.0. The first-order valence-corrected chi connectivity index (χ1v) is 11.7. The van der Waals surface area contributed by atoms with Gasteiger partial charge < -0.3 is 23.4 Å². The summed E-state index contributed by atoms with van der Waals surface area (Å²) in [6.45, 7) is 16.3. The van der Waals surface area contributed by atoms with Crippen molar-refractivity contribution in [2.75, 3.05) is 7.11 Å². The van der Waals surface area contributed by atoms with Crippen LogP contribution in [0.25, 0.3) is 0 Å². The fourth-order valence-electron chi connectivity index (χ4n) is 4.69. The number of methoxy groups -OCH3 is 1. The highest BCUT2D eigenvalue weighted by atomic mass is 16.7. The largest absolute Gasteiger partial charge is 0.496 e. The molecule has 4 rings (SSSR count). The molecule has 2 saturated heterocycles. The van der Waals surface area contributed by atoms with Crippen LogP contribution in [0.5, 0.6) is 0 Å². The van der Waals surface area contributed by atoms with E-state index >= 15 is 0 Å². The zero-order chi connectivity index (χ0) is 23.7. The number of ether oxygens (including phenoxy) is 1. The van der Waals surface area contributed by atoms with Gasteiger partial charge in [-0.05, 0) is 104 Å². The van der Waals surface area contributed by atoms with Crippen molar-refractivity contribution in [2.45, 2.75) is 103 Å². The van der Waals surface area contributed by atoms with Crippen LogP contribution in [0.15, 0.2) is 6.07 Å². The molecule has 2 fully saturated rings. The molecule has 1 aliphatic carbocycles. The van der Waals surface area contributed by atoms with Gasteiger partial charge in [0.2, 0.25) is 0 Å². The second-order valence-corrected chi connectivity index (χ2v) is 11.3. The molecule has 0 bridgehead atoms. The molecule has 0 aromatic heterocycles. The molecule has 1 aromatic rings. The Morgan fingerprint density at radius 1 is 0.781 bits per heavy atom. The van der Waals surface area contributed by atoms with Crippen LogP contribution in [0.4, 0.5) is 0 Å². The quantitative estimate of drug-likeness (QED) is 0.530. The lowest BCUT2D eigenvalue weighted by Gasteiger charge is -2.32. The number of carbonyl (C=O) groups excluding carboxylic acids is 1. The Labute approximate surface area is 192 Å². The van der Waals surface area contributed by atoms with Crippen molar-refractivity contribution in [1.82, 2.24) is 0 Å². The van der Waals surface area contributed by atoms with Gasteiger partial charge >= 0.3 is 20.2 Å². The zero-order valence-corrected chi connectivity index (χ0v) is 21.0. The molecule has 8 heteroatoms. The lowest BCUT2D eigenvalue weighted by atomic mass is 9.63. The van der Waals surface area contributed by atoms with Crippen molar-refractivity contribution in [3.63, 3.8) is 0 Å². The average Bonchev–Trinajstić information content (AvgIpc) is 3.05. The van der Waals surface area contributed by atoms with Crippen molar-refractivity contribution >= 4 is 31.1 Å². The lowest BCUT2D eigenvalue weighted by molar-refractivity contribution is 0.00578. The molecule has 2 aliphatic heterocycles. The van der Waals surface area contributed by atoms with E-state index in [9.17, 15) is 4.79 Å². The molecule has 0 saturated carbocycles. The first kappa shape index (κ1) is 23.8. The zero-order valence-electron chi connectivity index (χ0n) is 21.0. The summed E-state index contributed by atoms with van der Waals surface area (Å²) in [5, 5.41) is 0. The number of rotatable bonds is 3. The second kappa shape index (κ2) is 7.59. The summed E-state index contributed by atoms with van der Waals surface area (Å²) in [5.41, 5.74) is 2.55. The minimum absolute atomic E-state index is 0.402. The molecule has 32 heavy (non-hydrogen) atoms. The van der Waals surface area contributed by atoms with E-state index in [1.54, 1.807) is 0 Å². The maximum Gasteiger partial charge on any atom is 0.496 e. The van der Waals surface area contributed by atoms with Gasteiger partial charge in [0.1, 0.15) is 0 Å². The van der Waals surface area contributed by atoms with E-state index in [-0.39, 0.29) is 0 Å². The second-order valence-electron chi connectivity index (χ2n) is 11.3. The Balaban J connectivity index is 1.88. The lowest BCUT2D eigenvalue weighted by Crippen LogP contribution is -2.47. The molecule has 0 amide bonds. The van der Waals surface area contributed by atoms with E-state index in [1.807, 2.05) is 61.5 Å². The number of benzene rings is 1. The molecule has 0 atom stereocenters. The van der Waals surface area contributed by atoms with Gasteiger partial charge in [0.15, 0.2) is 0 Å². The van der Waals surface area contributed by atoms with Crippen LogP contribution in [-0.2, 0) is 36.2 Å². The molecular formula is C24H36B2O6. The predicted octanol–water partition coefficient (Wildman–Crippen LogP) is 2.95. The third-order valence-electron chi connectivity index (χ3n) is 8.13. The number of esters is 1. The van der Waals surface area contributed by atoms with Crippen molar-refractivity contribution in [3.8, 4) is 0 Å². The Morgan fingerprint density at radius 2 is 1.22 bits per heavy atom. The van der Waals surface area contributed by atoms with Crippen LogP contribution >= 0.6 is 0 Å². The van der Waals surface area contributed by atoms with Gasteiger partial charge in [0, 0.05) is 5.46 Å². The van der Waals surface area contributed by atoms with Crippen LogP contribution < -0.4 is 10.9 Å². The normalized spacial score (nSPS) is 25.0. The van der Waals surface area contributed by atoms with Gasteiger partial charge in [-0.15, -0.1) is 0 Å². The van der Waals surface area contributed by atoms with Crippen LogP contribution in [0, 0.1) is 0 Å². The molecular weight excluding hydrogens is 406 g/mol. The summed E-state index contributed by atoms with van der Waals surface area (Å²) in [4.78, 5) is 13.0. The average molecular weight is 442 g/mol. The van der Waals surface area contributed by atoms with Crippen LogP contribution in [0.1, 0.15) is 89.7 Å². The van der Waals surface area contributed by atoms with Crippen LogP contribution in [0.3, 0.4) is 0 Å². The summed E-state index contributed by atoms with van der Waals surface area (Å²) in [6, 6.07) is 1.89. The fourth-order valence-corrected chi connectivity index (χ4v) is 4.69. The van der Waals surface area contributed by atoms with E-state index in [2.05, 4.69) is 0 Å². The van der Waals surface area contributed by atoms with E-state index in [0.29, 0.717) is 5.56 Å². The Hall–Kier alpha value is -1.34. The molecule has 0 radical (unpaired) electrons. The fraction of sp³-hybridized carbons (Fsp3) is 0.708. The third kappa shape index (κ3) is 3.64. The highest BCUT2D eigenvalue weighted by Gasteiger charge is 2.55. The summed E-state index contributed by atoms with van der Waals surface area (Å²) >= 11 is 0. The van der Waals surface area contributed by atoms with Gasteiger partial charge in [-0.1, -0.05) is 0 Å². The highest BCUT2D eigenvalue weighted by Crippen LogP contribution is 2.39. The number of carbonyl (C=O) groups is 1. The van der Waals surface area contributed by atoms with Gasteiger partial charge in [-0.25, -0.2) is 4.79 Å². The molecule has 1 aromatic carbocycles. The number of fused-ring (bicyclic) bond motifs is 1. The van der Waals surface area contributed by atoms with Crippen molar-refractivity contribution in [2.24, 2.45) is 0 Å². The third-order valence-corrected chi connectivity index (χ3v) is 8.13.